The number of benzene rings is 1. The highest BCUT2D eigenvalue weighted by atomic mass is 35.5. The minimum atomic E-state index is -0.0911. The van der Waals surface area contributed by atoms with Crippen LogP contribution < -0.4 is 20.1 Å². The summed E-state index contributed by atoms with van der Waals surface area (Å²) in [6.45, 7) is 5.09. The van der Waals surface area contributed by atoms with Crippen molar-refractivity contribution in [1.29, 1.82) is 0 Å². The smallest absolute Gasteiger partial charge is 0.321 e. The maximum Gasteiger partial charge on any atom is 0.321 e. The lowest BCUT2D eigenvalue weighted by Gasteiger charge is -2.37. The fourth-order valence-electron chi connectivity index (χ4n) is 4.33. The van der Waals surface area contributed by atoms with E-state index in [1.807, 2.05) is 4.90 Å². The van der Waals surface area contributed by atoms with Crippen LogP contribution in [0.4, 0.5) is 10.5 Å². The fraction of sp³-hybridized carbons (Fsp3) is 0.650. The molecule has 1 aromatic carbocycles. The summed E-state index contributed by atoms with van der Waals surface area (Å²) in [6.07, 6.45) is 5.58. The molecule has 2 N–H and O–H groups in total. The molecule has 1 unspecified atom stereocenters. The van der Waals surface area contributed by atoms with E-state index in [2.05, 4.69) is 10.6 Å². The zero-order chi connectivity index (χ0) is 18.6. The number of nitrogens with zero attached hydrogens (tertiary/aromatic N) is 1. The van der Waals surface area contributed by atoms with Gasteiger partial charge in [-0.05, 0) is 50.6 Å². The molecule has 7 heteroatoms. The summed E-state index contributed by atoms with van der Waals surface area (Å²) in [5.74, 6) is 2.76. The molecule has 4 rings (SSSR count). The number of ether oxygens (including phenoxy) is 2. The molecule has 0 aromatic heterocycles. The van der Waals surface area contributed by atoms with Gasteiger partial charge in [-0.25, -0.2) is 4.79 Å². The van der Waals surface area contributed by atoms with Gasteiger partial charge in [0, 0.05) is 31.6 Å². The molecule has 0 radical (unpaired) electrons. The summed E-state index contributed by atoms with van der Waals surface area (Å²) < 4.78 is 11.3. The van der Waals surface area contributed by atoms with Crippen molar-refractivity contribution in [3.63, 3.8) is 0 Å². The summed E-state index contributed by atoms with van der Waals surface area (Å²) in [5.41, 5.74) is 0.574. The number of nitrogens with one attached hydrogen (secondary N) is 2. The Morgan fingerprint density at radius 1 is 1.07 bits per heavy atom. The third-order valence-electron chi connectivity index (χ3n) is 5.91. The van der Waals surface area contributed by atoms with Gasteiger partial charge in [0.25, 0.3) is 0 Å². The molecule has 3 heterocycles. The molecule has 1 aromatic rings. The van der Waals surface area contributed by atoms with Crippen LogP contribution in [0.5, 0.6) is 11.5 Å². The van der Waals surface area contributed by atoms with Crippen LogP contribution in [0.1, 0.15) is 32.1 Å². The highest BCUT2D eigenvalue weighted by molar-refractivity contribution is 6.34. The summed E-state index contributed by atoms with van der Waals surface area (Å²) in [6, 6.07) is 3.40. The number of likely N-dealkylation sites (tertiary alicyclic amines) is 1. The lowest BCUT2D eigenvalue weighted by molar-refractivity contribution is 0.146. The first kappa shape index (κ1) is 18.7. The minimum Gasteiger partial charge on any atom is -0.490 e. The van der Waals surface area contributed by atoms with Crippen LogP contribution in [0.15, 0.2) is 12.1 Å². The van der Waals surface area contributed by atoms with Gasteiger partial charge >= 0.3 is 6.03 Å². The number of piperidine rings is 2. The lowest BCUT2D eigenvalue weighted by Crippen LogP contribution is -2.44. The lowest BCUT2D eigenvalue weighted by atomic mass is 9.80. The first-order valence-electron chi connectivity index (χ1n) is 10.1. The predicted octanol–water partition coefficient (Wildman–Crippen LogP) is 3.74. The maximum atomic E-state index is 12.7. The van der Waals surface area contributed by atoms with E-state index in [9.17, 15) is 4.79 Å². The largest absolute Gasteiger partial charge is 0.490 e. The Morgan fingerprint density at radius 3 is 2.52 bits per heavy atom. The molecular weight excluding hydrogens is 366 g/mol. The van der Waals surface area contributed by atoms with E-state index in [-0.39, 0.29) is 6.03 Å². The number of hydrogen-bond donors (Lipinski definition) is 2. The van der Waals surface area contributed by atoms with Crippen LogP contribution in [-0.4, -0.2) is 50.3 Å². The Labute approximate surface area is 165 Å². The van der Waals surface area contributed by atoms with Crippen LogP contribution in [0.3, 0.4) is 0 Å². The molecule has 3 aliphatic heterocycles. The molecule has 0 bridgehead atoms. The topological polar surface area (TPSA) is 62.8 Å². The maximum absolute atomic E-state index is 12.7. The van der Waals surface area contributed by atoms with Gasteiger partial charge in [-0.15, -0.1) is 0 Å². The van der Waals surface area contributed by atoms with Gasteiger partial charge in [0.1, 0.15) is 0 Å². The highest BCUT2D eigenvalue weighted by Gasteiger charge is 2.29. The van der Waals surface area contributed by atoms with Crippen LogP contribution >= 0.6 is 11.6 Å². The monoisotopic (exact) mass is 393 g/mol. The van der Waals surface area contributed by atoms with E-state index in [4.69, 9.17) is 21.1 Å². The molecule has 0 aliphatic carbocycles. The van der Waals surface area contributed by atoms with Crippen molar-refractivity contribution in [2.45, 2.75) is 32.1 Å². The van der Waals surface area contributed by atoms with Crippen molar-refractivity contribution >= 4 is 23.3 Å². The first-order chi connectivity index (χ1) is 13.2. The fourth-order valence-corrected chi connectivity index (χ4v) is 4.53. The normalized spacial score (nSPS) is 23.6. The number of carbonyl (C=O) groups excluding carboxylic acids is 1. The molecule has 2 fully saturated rings. The number of urea groups is 1. The van der Waals surface area contributed by atoms with Crippen LogP contribution in [0.25, 0.3) is 0 Å². The minimum absolute atomic E-state index is 0.0911. The zero-order valence-electron chi connectivity index (χ0n) is 15.6. The van der Waals surface area contributed by atoms with Gasteiger partial charge in [0.2, 0.25) is 0 Å². The third kappa shape index (κ3) is 4.43. The average molecular weight is 394 g/mol. The van der Waals surface area contributed by atoms with E-state index in [0.717, 1.165) is 57.3 Å². The number of anilines is 1. The molecule has 2 saturated heterocycles. The molecule has 0 spiro atoms. The van der Waals surface area contributed by atoms with E-state index in [1.54, 1.807) is 12.1 Å². The second-order valence-electron chi connectivity index (χ2n) is 7.69. The van der Waals surface area contributed by atoms with Crippen LogP contribution in [-0.2, 0) is 0 Å². The molecular formula is C20H28ClN3O3. The highest BCUT2D eigenvalue weighted by Crippen LogP contribution is 2.38. The Balaban J connectivity index is 1.35. The zero-order valence-corrected chi connectivity index (χ0v) is 16.4. The van der Waals surface area contributed by atoms with Gasteiger partial charge in [-0.2, -0.15) is 0 Å². The summed E-state index contributed by atoms with van der Waals surface area (Å²) in [7, 11) is 0. The van der Waals surface area contributed by atoms with Crippen molar-refractivity contribution in [2.24, 2.45) is 11.8 Å². The van der Waals surface area contributed by atoms with E-state index < -0.39 is 0 Å². The summed E-state index contributed by atoms with van der Waals surface area (Å²) in [5, 5.41) is 6.92. The van der Waals surface area contributed by atoms with Crippen molar-refractivity contribution in [1.82, 2.24) is 10.2 Å². The van der Waals surface area contributed by atoms with E-state index in [0.29, 0.717) is 35.4 Å². The quantitative estimate of drug-likeness (QED) is 0.803. The number of amides is 2. The Bertz CT molecular complexity index is 671. The predicted molar refractivity (Wildman–Crippen MR) is 106 cm³/mol. The van der Waals surface area contributed by atoms with Crippen LogP contribution in [0, 0.1) is 11.8 Å². The van der Waals surface area contributed by atoms with Crippen LogP contribution in [0.2, 0.25) is 5.02 Å². The molecule has 6 nitrogen and oxygen atoms in total. The van der Waals surface area contributed by atoms with Gasteiger partial charge < -0.3 is 25.0 Å². The Hall–Kier alpha value is -1.66. The van der Waals surface area contributed by atoms with E-state index in [1.165, 1.54) is 12.8 Å². The number of rotatable bonds is 2. The molecule has 148 valence electrons. The average Bonchev–Trinajstić information content (AvgIpc) is 2.94. The molecule has 0 saturated carbocycles. The molecule has 1 atom stereocenters. The van der Waals surface area contributed by atoms with Gasteiger partial charge in [0.05, 0.1) is 23.9 Å². The summed E-state index contributed by atoms with van der Waals surface area (Å²) in [4.78, 5) is 14.6. The number of carbonyl (C=O) groups is 1. The Kier molecular flexibility index (Phi) is 5.93. The van der Waals surface area contributed by atoms with Gasteiger partial charge in [0.15, 0.2) is 11.5 Å². The number of fused-ring (bicyclic) bond motifs is 1. The van der Waals surface area contributed by atoms with Crippen molar-refractivity contribution in [3.05, 3.63) is 17.2 Å². The first-order valence-corrected chi connectivity index (χ1v) is 10.4. The van der Waals surface area contributed by atoms with Gasteiger partial charge in [-0.1, -0.05) is 11.6 Å². The molecule has 27 heavy (non-hydrogen) atoms. The SMILES string of the molecule is O=C(Nc1cc2c(cc1Cl)OCCCO2)N1CCC(C2CCCNC2)CC1. The molecule has 2 amide bonds. The number of hydrogen-bond acceptors (Lipinski definition) is 4. The second-order valence-corrected chi connectivity index (χ2v) is 8.10. The van der Waals surface area contributed by atoms with Gasteiger partial charge in [-0.3, -0.25) is 0 Å². The van der Waals surface area contributed by atoms with Crippen molar-refractivity contribution in [2.75, 3.05) is 44.7 Å². The number of halogens is 1. The van der Waals surface area contributed by atoms with Crippen molar-refractivity contribution < 1.29 is 14.3 Å². The molecule has 3 aliphatic rings. The third-order valence-corrected chi connectivity index (χ3v) is 6.22. The van der Waals surface area contributed by atoms with Crippen molar-refractivity contribution in [3.8, 4) is 11.5 Å². The Morgan fingerprint density at radius 2 is 1.81 bits per heavy atom. The van der Waals surface area contributed by atoms with E-state index >= 15 is 0 Å². The summed E-state index contributed by atoms with van der Waals surface area (Å²) >= 11 is 6.35. The standard InChI is InChI=1S/C20H28ClN3O3/c21-16-11-18-19(27-10-2-9-26-18)12-17(16)23-20(25)24-7-4-14(5-8-24)15-3-1-6-22-13-15/h11-12,14-15,22H,1-10,13H2,(H,23,25). The second kappa shape index (κ2) is 8.57.